The van der Waals surface area contributed by atoms with Gasteiger partial charge in [0.2, 0.25) is 5.91 Å². The Kier molecular flexibility index (Phi) is 8.34. The summed E-state index contributed by atoms with van der Waals surface area (Å²) >= 11 is 0. The second kappa shape index (κ2) is 11.7. The second-order valence-corrected chi connectivity index (χ2v) is 12.6. The van der Waals surface area contributed by atoms with Crippen LogP contribution >= 0.6 is 0 Å². The Morgan fingerprint density at radius 3 is 2.39 bits per heavy atom. The van der Waals surface area contributed by atoms with Crippen LogP contribution in [0.4, 0.5) is 23.8 Å². The Morgan fingerprint density at radius 1 is 1.09 bits per heavy atom. The lowest BCUT2D eigenvalue weighted by Gasteiger charge is -2.44. The predicted molar refractivity (Wildman–Crippen MR) is 158 cm³/mol. The summed E-state index contributed by atoms with van der Waals surface area (Å²) < 4.78 is 50.4. The average Bonchev–Trinajstić information content (AvgIpc) is 2.95. The summed E-state index contributed by atoms with van der Waals surface area (Å²) in [5.74, 6) is 0.354. The number of amides is 2. The van der Waals surface area contributed by atoms with Crippen molar-refractivity contribution in [3.8, 4) is 0 Å². The van der Waals surface area contributed by atoms with E-state index in [1.165, 1.54) is 34.9 Å². The summed E-state index contributed by atoms with van der Waals surface area (Å²) in [5, 5.41) is 3.75. The molecule has 13 heteroatoms. The summed E-state index contributed by atoms with van der Waals surface area (Å²) in [6.45, 7) is 7.21. The molecule has 236 valence electrons. The summed E-state index contributed by atoms with van der Waals surface area (Å²) in [6.07, 6.45) is -0.879. The highest BCUT2D eigenvalue weighted by Crippen LogP contribution is 2.39. The minimum absolute atomic E-state index is 0.00479. The normalized spacial score (nSPS) is 17.1. The molecule has 4 heterocycles. The zero-order valence-electron chi connectivity index (χ0n) is 25.5. The fraction of sp³-hybridized carbons (Fsp3) is 0.516. The van der Waals surface area contributed by atoms with Gasteiger partial charge in [0.15, 0.2) is 5.67 Å². The molecular weight excluding hydrogens is 577 g/mol. The molecule has 0 radical (unpaired) electrons. The maximum Gasteiger partial charge on any atom is 0.410 e. The summed E-state index contributed by atoms with van der Waals surface area (Å²) in [5.41, 5.74) is -1.79. The highest BCUT2D eigenvalue weighted by atomic mass is 19.3. The van der Waals surface area contributed by atoms with E-state index in [1.807, 2.05) is 0 Å². The van der Waals surface area contributed by atoms with E-state index in [4.69, 9.17) is 4.74 Å². The number of alkyl halides is 3. The third-order valence-corrected chi connectivity index (χ3v) is 8.19. The molecular formula is C31H37F3N6O4. The molecule has 10 nitrogen and oxygen atoms in total. The lowest BCUT2D eigenvalue weighted by molar-refractivity contribution is -0.129. The SMILES string of the molecule is CC(=O)N1CCC(c2cc3c(NCc4cc(C(F)F)cc(C5(F)CN(C(=O)OC(C)(C)C)C5)c4)ncnc3n(C)c2=O)CC1. The molecule has 5 rings (SSSR count). The minimum Gasteiger partial charge on any atom is -0.444 e. The van der Waals surface area contributed by atoms with Crippen LogP contribution < -0.4 is 10.9 Å². The molecule has 0 unspecified atom stereocenters. The quantitative estimate of drug-likeness (QED) is 0.415. The molecule has 44 heavy (non-hydrogen) atoms. The third-order valence-electron chi connectivity index (χ3n) is 8.19. The highest BCUT2D eigenvalue weighted by Gasteiger charge is 2.49. The van der Waals surface area contributed by atoms with Gasteiger partial charge in [0, 0.05) is 44.7 Å². The van der Waals surface area contributed by atoms with Gasteiger partial charge in [-0.1, -0.05) is 6.07 Å². The number of fused-ring (bicyclic) bond motifs is 1. The molecule has 0 spiro atoms. The van der Waals surface area contributed by atoms with Gasteiger partial charge >= 0.3 is 6.09 Å². The monoisotopic (exact) mass is 614 g/mol. The first-order valence-electron chi connectivity index (χ1n) is 14.6. The number of likely N-dealkylation sites (tertiary alicyclic amines) is 2. The molecule has 1 aromatic carbocycles. The molecule has 3 aromatic rings. The predicted octanol–water partition coefficient (Wildman–Crippen LogP) is 5.02. The number of pyridine rings is 1. The van der Waals surface area contributed by atoms with E-state index in [-0.39, 0.29) is 48.1 Å². The second-order valence-electron chi connectivity index (χ2n) is 12.6. The van der Waals surface area contributed by atoms with Gasteiger partial charge in [-0.15, -0.1) is 0 Å². The van der Waals surface area contributed by atoms with Gasteiger partial charge in [0.1, 0.15) is 23.4 Å². The van der Waals surface area contributed by atoms with Crippen LogP contribution in [0.15, 0.2) is 35.4 Å². The standard InChI is InChI=1S/C31H37F3N6O4/c1-18(41)39-8-6-20(7-9-39)23-13-24-26(36-17-37-27(24)38(5)28(23)42)35-14-19-10-21(25(32)33)12-22(11-19)31(34)15-40(16-31)29(43)44-30(2,3)4/h10-13,17,20,25H,6-9,14-16H2,1-5H3,(H,35,36,37). The Hall–Kier alpha value is -4.16. The molecule has 2 saturated heterocycles. The van der Waals surface area contributed by atoms with E-state index < -0.39 is 23.8 Å². The van der Waals surface area contributed by atoms with Gasteiger partial charge in [-0.25, -0.2) is 27.9 Å². The van der Waals surface area contributed by atoms with Crippen LogP contribution in [0.1, 0.15) is 75.1 Å². The van der Waals surface area contributed by atoms with Crippen LogP contribution in [0, 0.1) is 0 Å². The van der Waals surface area contributed by atoms with Crippen molar-refractivity contribution in [1.29, 1.82) is 0 Å². The van der Waals surface area contributed by atoms with Gasteiger partial charge in [-0.05, 0) is 68.9 Å². The first-order valence-corrected chi connectivity index (χ1v) is 14.6. The van der Waals surface area contributed by atoms with E-state index >= 15 is 4.39 Å². The first kappa shape index (κ1) is 31.3. The summed E-state index contributed by atoms with van der Waals surface area (Å²) in [7, 11) is 1.63. The van der Waals surface area contributed by atoms with E-state index in [1.54, 1.807) is 38.8 Å². The molecule has 2 aliphatic heterocycles. The van der Waals surface area contributed by atoms with Crippen molar-refractivity contribution in [2.24, 2.45) is 7.05 Å². The molecule has 0 atom stereocenters. The van der Waals surface area contributed by atoms with Crippen molar-refractivity contribution in [3.63, 3.8) is 0 Å². The van der Waals surface area contributed by atoms with Crippen molar-refractivity contribution in [3.05, 3.63) is 63.2 Å². The van der Waals surface area contributed by atoms with E-state index in [0.29, 0.717) is 53.9 Å². The largest absolute Gasteiger partial charge is 0.444 e. The lowest BCUT2D eigenvalue weighted by atomic mass is 9.86. The number of nitrogens with one attached hydrogen (secondary N) is 1. The van der Waals surface area contributed by atoms with Crippen molar-refractivity contribution in [2.75, 3.05) is 31.5 Å². The summed E-state index contributed by atoms with van der Waals surface area (Å²) in [6, 6.07) is 5.73. The van der Waals surface area contributed by atoms with Crippen LogP contribution in [0.3, 0.4) is 0 Å². The van der Waals surface area contributed by atoms with E-state index in [2.05, 4.69) is 15.3 Å². The van der Waals surface area contributed by atoms with E-state index in [0.717, 1.165) is 6.07 Å². The molecule has 0 bridgehead atoms. The topological polar surface area (TPSA) is 110 Å². The van der Waals surface area contributed by atoms with E-state index in [9.17, 15) is 23.2 Å². The maximum atomic E-state index is 15.9. The fourth-order valence-electron chi connectivity index (χ4n) is 5.82. The van der Waals surface area contributed by atoms with Crippen LogP contribution in [0.2, 0.25) is 0 Å². The number of aromatic nitrogens is 3. The number of nitrogens with zero attached hydrogens (tertiary/aromatic N) is 5. The molecule has 2 aliphatic rings. The highest BCUT2D eigenvalue weighted by molar-refractivity contribution is 5.87. The number of carbonyl (C=O) groups excluding carboxylic acids is 2. The molecule has 2 amide bonds. The summed E-state index contributed by atoms with van der Waals surface area (Å²) in [4.78, 5) is 49.0. The number of benzene rings is 1. The number of aryl methyl sites for hydroxylation is 1. The van der Waals surface area contributed by atoms with Gasteiger partial charge < -0.3 is 19.9 Å². The number of halogens is 3. The van der Waals surface area contributed by atoms with Crippen LogP contribution in [-0.4, -0.2) is 68.1 Å². The van der Waals surface area contributed by atoms with Crippen molar-refractivity contribution in [2.45, 2.75) is 70.7 Å². The van der Waals surface area contributed by atoms with Crippen molar-refractivity contribution >= 4 is 28.9 Å². The van der Waals surface area contributed by atoms with Gasteiger partial charge in [-0.3, -0.25) is 14.2 Å². The van der Waals surface area contributed by atoms with Gasteiger partial charge in [0.25, 0.3) is 12.0 Å². The maximum absolute atomic E-state index is 15.9. The Morgan fingerprint density at radius 2 is 1.77 bits per heavy atom. The smallest absolute Gasteiger partial charge is 0.410 e. The number of carbonyl (C=O) groups is 2. The number of hydrogen-bond donors (Lipinski definition) is 1. The fourth-order valence-corrected chi connectivity index (χ4v) is 5.82. The van der Waals surface area contributed by atoms with Crippen LogP contribution in [0.25, 0.3) is 11.0 Å². The van der Waals surface area contributed by atoms with Crippen molar-refractivity contribution in [1.82, 2.24) is 24.3 Å². The molecule has 1 N–H and O–H groups in total. The molecule has 2 fully saturated rings. The van der Waals surface area contributed by atoms with Crippen molar-refractivity contribution < 1.29 is 27.5 Å². The Bertz CT molecular complexity index is 1640. The van der Waals surface area contributed by atoms with Gasteiger partial charge in [0.05, 0.1) is 18.5 Å². The Labute approximate surface area is 253 Å². The molecule has 0 aliphatic carbocycles. The number of anilines is 1. The molecule has 2 aromatic heterocycles. The zero-order valence-corrected chi connectivity index (χ0v) is 25.5. The van der Waals surface area contributed by atoms with Crippen LogP contribution in [0.5, 0.6) is 0 Å². The molecule has 0 saturated carbocycles. The number of piperidine rings is 1. The lowest BCUT2D eigenvalue weighted by Crippen LogP contribution is -2.59. The number of ether oxygens (including phenoxy) is 1. The zero-order chi connectivity index (χ0) is 32.0. The Balaban J connectivity index is 1.39. The minimum atomic E-state index is -2.83. The van der Waals surface area contributed by atoms with Crippen LogP contribution in [-0.2, 0) is 28.8 Å². The number of rotatable bonds is 6. The number of hydrogen-bond acceptors (Lipinski definition) is 7. The van der Waals surface area contributed by atoms with Gasteiger partial charge in [-0.2, -0.15) is 0 Å². The third kappa shape index (κ3) is 6.36. The average molecular weight is 615 g/mol. The first-order chi connectivity index (χ1) is 20.6.